The quantitative estimate of drug-likeness (QED) is 0.674. The first-order valence-corrected chi connectivity index (χ1v) is 6.80. The van der Waals surface area contributed by atoms with Gasteiger partial charge >= 0.3 is 0 Å². The Bertz CT molecular complexity index is 449. The van der Waals surface area contributed by atoms with E-state index >= 15 is 0 Å². The number of hydrogen-bond donors (Lipinski definition) is 1. The lowest BCUT2D eigenvalue weighted by molar-refractivity contribution is -0.151. The molecule has 3 aliphatic rings. The van der Waals surface area contributed by atoms with E-state index in [1.165, 1.54) is 0 Å². The van der Waals surface area contributed by atoms with E-state index in [9.17, 15) is 19.2 Å². The Labute approximate surface area is 110 Å². The molecule has 0 radical (unpaired) electrons. The molecule has 3 rings (SSSR count). The minimum Gasteiger partial charge on any atom is -0.295 e. The molecule has 1 aliphatic carbocycles. The summed E-state index contributed by atoms with van der Waals surface area (Å²) in [6, 6.07) is -0.789. The highest BCUT2D eigenvalue weighted by atomic mass is 16.2. The predicted octanol–water partition coefficient (Wildman–Crippen LogP) is -0.0332. The fourth-order valence-corrected chi connectivity index (χ4v) is 3.42. The number of carbonyl (C=O) groups excluding carboxylic acids is 4. The van der Waals surface area contributed by atoms with Gasteiger partial charge in [-0.15, -0.1) is 0 Å². The van der Waals surface area contributed by atoms with Crippen molar-refractivity contribution in [3.8, 4) is 0 Å². The molecule has 2 aliphatic heterocycles. The van der Waals surface area contributed by atoms with E-state index in [1.54, 1.807) is 0 Å². The number of amides is 4. The van der Waals surface area contributed by atoms with Crippen molar-refractivity contribution >= 4 is 23.6 Å². The Morgan fingerprint density at radius 1 is 0.895 bits per heavy atom. The van der Waals surface area contributed by atoms with Crippen molar-refractivity contribution in [3.63, 3.8) is 0 Å². The summed E-state index contributed by atoms with van der Waals surface area (Å²) in [5, 5.41) is 2.20. The van der Waals surface area contributed by atoms with Crippen LogP contribution in [-0.2, 0) is 19.2 Å². The largest absolute Gasteiger partial charge is 0.295 e. The SMILES string of the molecule is O=C1CC[C@H](N2C(=O)[C@H]3CCCC[C@H]3C2=O)C(=O)N1. The molecule has 102 valence electrons. The maximum atomic E-state index is 12.3. The number of piperidine rings is 1. The van der Waals surface area contributed by atoms with Gasteiger partial charge < -0.3 is 0 Å². The van der Waals surface area contributed by atoms with Gasteiger partial charge in [0, 0.05) is 6.42 Å². The lowest BCUT2D eigenvalue weighted by atomic mass is 9.81. The summed E-state index contributed by atoms with van der Waals surface area (Å²) in [6.07, 6.45) is 3.83. The molecule has 2 heterocycles. The van der Waals surface area contributed by atoms with Gasteiger partial charge in [-0.3, -0.25) is 29.4 Å². The number of carbonyl (C=O) groups is 4. The zero-order chi connectivity index (χ0) is 13.6. The molecule has 4 amide bonds. The zero-order valence-corrected chi connectivity index (χ0v) is 10.6. The van der Waals surface area contributed by atoms with Crippen LogP contribution in [0.2, 0.25) is 0 Å². The van der Waals surface area contributed by atoms with E-state index in [2.05, 4.69) is 5.32 Å². The summed E-state index contributed by atoms with van der Waals surface area (Å²) in [5.41, 5.74) is 0. The van der Waals surface area contributed by atoms with Crippen molar-refractivity contribution in [2.75, 3.05) is 0 Å². The van der Waals surface area contributed by atoms with Crippen LogP contribution >= 0.6 is 0 Å². The molecule has 3 atom stereocenters. The van der Waals surface area contributed by atoms with Crippen molar-refractivity contribution in [1.29, 1.82) is 0 Å². The first-order valence-electron chi connectivity index (χ1n) is 6.80. The number of rotatable bonds is 1. The summed E-state index contributed by atoms with van der Waals surface area (Å²) in [6.45, 7) is 0. The Kier molecular flexibility index (Phi) is 2.88. The van der Waals surface area contributed by atoms with Gasteiger partial charge in [0.1, 0.15) is 6.04 Å². The maximum Gasteiger partial charge on any atom is 0.249 e. The third-order valence-electron chi connectivity index (χ3n) is 4.40. The van der Waals surface area contributed by atoms with Gasteiger partial charge in [0.2, 0.25) is 23.6 Å². The minimum atomic E-state index is -0.789. The van der Waals surface area contributed by atoms with Crippen molar-refractivity contribution in [2.45, 2.75) is 44.6 Å². The van der Waals surface area contributed by atoms with Gasteiger partial charge in [0.25, 0.3) is 0 Å². The number of imide groups is 2. The maximum absolute atomic E-state index is 12.3. The molecule has 0 spiro atoms. The molecule has 3 fully saturated rings. The van der Waals surface area contributed by atoms with Crippen molar-refractivity contribution in [2.24, 2.45) is 11.8 Å². The number of hydrogen-bond acceptors (Lipinski definition) is 4. The fourth-order valence-electron chi connectivity index (χ4n) is 3.42. The first kappa shape index (κ1) is 12.3. The second-order valence-electron chi connectivity index (χ2n) is 5.51. The van der Waals surface area contributed by atoms with Crippen LogP contribution < -0.4 is 5.32 Å². The molecule has 6 heteroatoms. The third-order valence-corrected chi connectivity index (χ3v) is 4.40. The summed E-state index contributed by atoms with van der Waals surface area (Å²) in [5.74, 6) is -1.78. The number of nitrogens with one attached hydrogen (secondary N) is 1. The van der Waals surface area contributed by atoms with Crippen LogP contribution in [0.15, 0.2) is 0 Å². The summed E-state index contributed by atoms with van der Waals surface area (Å²) >= 11 is 0. The number of likely N-dealkylation sites (tertiary alicyclic amines) is 1. The summed E-state index contributed by atoms with van der Waals surface area (Å²) < 4.78 is 0. The van der Waals surface area contributed by atoms with Crippen LogP contribution in [0.25, 0.3) is 0 Å². The molecule has 0 unspecified atom stereocenters. The van der Waals surface area contributed by atoms with Crippen LogP contribution in [-0.4, -0.2) is 34.6 Å². The number of fused-ring (bicyclic) bond motifs is 1. The standard InChI is InChI=1S/C13H16N2O4/c16-10-6-5-9(11(17)14-10)15-12(18)7-3-1-2-4-8(7)13(15)19/h7-9H,1-6H2,(H,14,16,17)/t7-,8+,9-/m0/s1. The Hall–Kier alpha value is -1.72. The van der Waals surface area contributed by atoms with E-state index in [-0.39, 0.29) is 42.4 Å². The van der Waals surface area contributed by atoms with Gasteiger partial charge in [0.05, 0.1) is 11.8 Å². The van der Waals surface area contributed by atoms with Crippen LogP contribution in [0.3, 0.4) is 0 Å². The van der Waals surface area contributed by atoms with E-state index in [1.807, 2.05) is 0 Å². The van der Waals surface area contributed by atoms with Gasteiger partial charge in [-0.2, -0.15) is 0 Å². The van der Waals surface area contributed by atoms with Crippen molar-refractivity contribution in [3.05, 3.63) is 0 Å². The number of nitrogens with zero attached hydrogens (tertiary/aromatic N) is 1. The van der Waals surface area contributed by atoms with E-state index in [0.717, 1.165) is 30.6 Å². The van der Waals surface area contributed by atoms with Gasteiger partial charge in [-0.1, -0.05) is 12.8 Å². The highest BCUT2D eigenvalue weighted by Crippen LogP contribution is 2.39. The molecule has 0 aromatic carbocycles. The average Bonchev–Trinajstić information content (AvgIpc) is 2.64. The van der Waals surface area contributed by atoms with Gasteiger partial charge in [0.15, 0.2) is 0 Å². The molecule has 1 N–H and O–H groups in total. The Morgan fingerprint density at radius 2 is 1.47 bits per heavy atom. The molecule has 0 aromatic heterocycles. The Balaban J connectivity index is 1.84. The zero-order valence-electron chi connectivity index (χ0n) is 10.6. The van der Waals surface area contributed by atoms with E-state index in [0.29, 0.717) is 0 Å². The molecule has 0 aromatic rings. The van der Waals surface area contributed by atoms with E-state index < -0.39 is 11.9 Å². The first-order chi connectivity index (χ1) is 9.09. The fraction of sp³-hybridized carbons (Fsp3) is 0.692. The normalized spacial score (nSPS) is 35.4. The minimum absolute atomic E-state index is 0.183. The second-order valence-corrected chi connectivity index (χ2v) is 5.51. The van der Waals surface area contributed by atoms with E-state index in [4.69, 9.17) is 0 Å². The Morgan fingerprint density at radius 3 is 2.00 bits per heavy atom. The van der Waals surface area contributed by atoms with Gasteiger partial charge in [-0.25, -0.2) is 0 Å². The van der Waals surface area contributed by atoms with Crippen LogP contribution in [0, 0.1) is 11.8 Å². The summed E-state index contributed by atoms with van der Waals surface area (Å²) in [7, 11) is 0. The predicted molar refractivity (Wildman–Crippen MR) is 63.5 cm³/mol. The van der Waals surface area contributed by atoms with Crippen LogP contribution in [0.1, 0.15) is 38.5 Å². The molecule has 19 heavy (non-hydrogen) atoms. The second kappa shape index (κ2) is 4.43. The highest BCUT2D eigenvalue weighted by molar-refractivity contribution is 6.10. The highest BCUT2D eigenvalue weighted by Gasteiger charge is 2.52. The lowest BCUT2D eigenvalue weighted by Gasteiger charge is -2.28. The summed E-state index contributed by atoms with van der Waals surface area (Å²) in [4.78, 5) is 48.7. The van der Waals surface area contributed by atoms with Crippen molar-refractivity contribution < 1.29 is 19.2 Å². The topological polar surface area (TPSA) is 83.6 Å². The smallest absolute Gasteiger partial charge is 0.249 e. The van der Waals surface area contributed by atoms with Gasteiger partial charge in [-0.05, 0) is 19.3 Å². The molecule has 6 nitrogen and oxygen atoms in total. The molecule has 0 bridgehead atoms. The molecular weight excluding hydrogens is 248 g/mol. The molecular formula is C13H16N2O4. The molecule has 2 saturated heterocycles. The monoisotopic (exact) mass is 264 g/mol. The third kappa shape index (κ3) is 1.86. The molecule has 1 saturated carbocycles. The van der Waals surface area contributed by atoms with Crippen molar-refractivity contribution in [1.82, 2.24) is 10.2 Å². The van der Waals surface area contributed by atoms with Crippen LogP contribution in [0.4, 0.5) is 0 Å². The average molecular weight is 264 g/mol. The van der Waals surface area contributed by atoms with Crippen LogP contribution in [0.5, 0.6) is 0 Å². The lowest BCUT2D eigenvalue weighted by Crippen LogP contribution is -2.54.